The molecule has 0 heterocycles. The minimum absolute atomic E-state index is 0.448. The van der Waals surface area contributed by atoms with Gasteiger partial charge in [0, 0.05) is 20.2 Å². The molecule has 1 rings (SSSR count). The van der Waals surface area contributed by atoms with Crippen molar-refractivity contribution in [3.8, 4) is 0 Å². The molecular weight excluding hydrogens is 202 g/mol. The second-order valence-corrected chi connectivity index (χ2v) is 5.27. The maximum absolute atomic E-state index is 10.5. The molecule has 1 aliphatic rings. The summed E-state index contributed by atoms with van der Waals surface area (Å²) in [4.78, 5) is 2.29. The summed E-state index contributed by atoms with van der Waals surface area (Å²) in [5, 5.41) is 10.5. The van der Waals surface area contributed by atoms with Gasteiger partial charge in [0.25, 0.3) is 0 Å². The first kappa shape index (κ1) is 13.9. The Balaban J connectivity index is 2.37. The Morgan fingerprint density at radius 1 is 1.38 bits per heavy atom. The van der Waals surface area contributed by atoms with E-state index >= 15 is 0 Å². The molecule has 0 bridgehead atoms. The molecule has 0 saturated heterocycles. The molecule has 1 saturated carbocycles. The number of hydrogen-bond donors (Lipinski definition) is 1. The molecule has 1 N–H and O–H groups in total. The number of aliphatic hydroxyl groups is 1. The van der Waals surface area contributed by atoms with Gasteiger partial charge in [-0.25, -0.2) is 0 Å². The summed E-state index contributed by atoms with van der Waals surface area (Å²) in [6, 6.07) is 0. The summed E-state index contributed by atoms with van der Waals surface area (Å²) in [6.07, 6.45) is 4.24. The van der Waals surface area contributed by atoms with Gasteiger partial charge in [-0.2, -0.15) is 0 Å². The number of ether oxygens (including phenoxy) is 1. The second kappa shape index (κ2) is 6.58. The predicted octanol–water partition coefficient (Wildman–Crippen LogP) is 1.90. The van der Waals surface area contributed by atoms with E-state index in [-0.39, 0.29) is 0 Å². The average molecular weight is 229 g/mol. The van der Waals surface area contributed by atoms with E-state index in [1.54, 1.807) is 7.11 Å². The second-order valence-electron chi connectivity index (χ2n) is 5.27. The van der Waals surface area contributed by atoms with Crippen LogP contribution < -0.4 is 0 Å². The van der Waals surface area contributed by atoms with Crippen molar-refractivity contribution in [1.82, 2.24) is 4.90 Å². The molecule has 1 aliphatic carbocycles. The third-order valence-electron chi connectivity index (χ3n) is 3.78. The van der Waals surface area contributed by atoms with Gasteiger partial charge < -0.3 is 9.84 Å². The van der Waals surface area contributed by atoms with Crippen molar-refractivity contribution >= 4 is 0 Å². The van der Waals surface area contributed by atoms with Crippen molar-refractivity contribution in [2.75, 3.05) is 33.4 Å². The van der Waals surface area contributed by atoms with Gasteiger partial charge in [-0.3, -0.25) is 4.90 Å². The Kier molecular flexibility index (Phi) is 5.73. The molecule has 0 spiro atoms. The Morgan fingerprint density at radius 3 is 2.50 bits per heavy atom. The van der Waals surface area contributed by atoms with Crippen LogP contribution in [-0.4, -0.2) is 49.0 Å². The Hall–Kier alpha value is -0.120. The van der Waals surface area contributed by atoms with E-state index in [1.165, 1.54) is 12.8 Å². The highest BCUT2D eigenvalue weighted by Crippen LogP contribution is 2.32. The van der Waals surface area contributed by atoms with Gasteiger partial charge >= 0.3 is 0 Å². The Bertz CT molecular complexity index is 188. The number of hydrogen-bond acceptors (Lipinski definition) is 3. The molecule has 0 amide bonds. The molecule has 3 nitrogen and oxygen atoms in total. The molecular formula is C13H27NO2. The average Bonchev–Trinajstić information content (AvgIpc) is 2.29. The number of methoxy groups -OCH3 is 1. The van der Waals surface area contributed by atoms with Crippen LogP contribution in [0.3, 0.4) is 0 Å². The van der Waals surface area contributed by atoms with Crippen LogP contribution in [0.4, 0.5) is 0 Å². The van der Waals surface area contributed by atoms with E-state index in [4.69, 9.17) is 4.74 Å². The molecule has 0 unspecified atom stereocenters. The number of likely N-dealkylation sites (N-methyl/N-ethyl adjacent to an activating group) is 1. The smallest absolute Gasteiger partial charge is 0.0774 e. The summed E-state index contributed by atoms with van der Waals surface area (Å²) >= 11 is 0. The van der Waals surface area contributed by atoms with Gasteiger partial charge in [0.1, 0.15) is 0 Å². The van der Waals surface area contributed by atoms with E-state index in [1.807, 2.05) is 0 Å². The lowest BCUT2D eigenvalue weighted by molar-refractivity contribution is -0.0372. The van der Waals surface area contributed by atoms with Crippen molar-refractivity contribution in [2.24, 2.45) is 5.92 Å². The number of rotatable bonds is 6. The lowest BCUT2D eigenvalue weighted by Crippen LogP contribution is -2.46. The van der Waals surface area contributed by atoms with Crippen molar-refractivity contribution in [2.45, 2.75) is 45.1 Å². The van der Waals surface area contributed by atoms with Crippen molar-refractivity contribution in [3.05, 3.63) is 0 Å². The molecule has 0 aromatic heterocycles. The van der Waals surface area contributed by atoms with Gasteiger partial charge in [0.15, 0.2) is 0 Å². The molecule has 0 radical (unpaired) electrons. The van der Waals surface area contributed by atoms with Gasteiger partial charge in [0.2, 0.25) is 0 Å². The van der Waals surface area contributed by atoms with Crippen molar-refractivity contribution in [1.29, 1.82) is 0 Å². The third-order valence-corrected chi connectivity index (χ3v) is 3.78. The van der Waals surface area contributed by atoms with Crippen LogP contribution in [-0.2, 0) is 4.74 Å². The number of nitrogens with zero attached hydrogens (tertiary/aromatic N) is 1. The van der Waals surface area contributed by atoms with E-state index in [0.29, 0.717) is 0 Å². The molecule has 0 atom stereocenters. The third kappa shape index (κ3) is 4.40. The minimum Gasteiger partial charge on any atom is -0.389 e. The lowest BCUT2D eigenvalue weighted by Gasteiger charge is -2.38. The fourth-order valence-corrected chi connectivity index (χ4v) is 2.44. The maximum atomic E-state index is 10.5. The largest absolute Gasteiger partial charge is 0.389 e. The topological polar surface area (TPSA) is 32.7 Å². The normalized spacial score (nSPS) is 30.9. The molecule has 16 heavy (non-hydrogen) atoms. The Morgan fingerprint density at radius 2 is 2.00 bits per heavy atom. The summed E-state index contributed by atoms with van der Waals surface area (Å²) in [5.41, 5.74) is -0.448. The van der Waals surface area contributed by atoms with Crippen LogP contribution in [0.25, 0.3) is 0 Å². The van der Waals surface area contributed by atoms with Gasteiger partial charge in [0.05, 0.1) is 12.2 Å². The summed E-state index contributed by atoms with van der Waals surface area (Å²) in [6.45, 7) is 7.89. The SMILES string of the molecule is CCN(CCOC)CC1(O)CCC(C)CC1. The van der Waals surface area contributed by atoms with Crippen molar-refractivity contribution < 1.29 is 9.84 Å². The fourth-order valence-electron chi connectivity index (χ4n) is 2.44. The standard InChI is InChI=1S/C13H27NO2/c1-4-14(9-10-16-3)11-13(15)7-5-12(2)6-8-13/h12,15H,4-11H2,1-3H3. The van der Waals surface area contributed by atoms with Gasteiger partial charge in [-0.05, 0) is 38.1 Å². The molecule has 3 heteroatoms. The summed E-state index contributed by atoms with van der Waals surface area (Å²) in [7, 11) is 1.73. The minimum atomic E-state index is -0.448. The summed E-state index contributed by atoms with van der Waals surface area (Å²) < 4.78 is 5.09. The van der Waals surface area contributed by atoms with E-state index in [0.717, 1.165) is 45.0 Å². The van der Waals surface area contributed by atoms with E-state index in [2.05, 4.69) is 18.7 Å². The maximum Gasteiger partial charge on any atom is 0.0774 e. The van der Waals surface area contributed by atoms with Crippen LogP contribution >= 0.6 is 0 Å². The van der Waals surface area contributed by atoms with Crippen LogP contribution in [0.15, 0.2) is 0 Å². The zero-order chi connectivity index (χ0) is 12.0. The van der Waals surface area contributed by atoms with Crippen LogP contribution in [0.5, 0.6) is 0 Å². The zero-order valence-corrected chi connectivity index (χ0v) is 11.0. The zero-order valence-electron chi connectivity index (χ0n) is 11.0. The highest BCUT2D eigenvalue weighted by Gasteiger charge is 2.33. The first-order chi connectivity index (χ1) is 7.59. The van der Waals surface area contributed by atoms with Gasteiger partial charge in [-0.1, -0.05) is 13.8 Å². The first-order valence-corrected chi connectivity index (χ1v) is 6.53. The summed E-state index contributed by atoms with van der Waals surface area (Å²) in [5.74, 6) is 0.786. The lowest BCUT2D eigenvalue weighted by atomic mass is 9.79. The van der Waals surface area contributed by atoms with E-state index < -0.39 is 5.60 Å². The van der Waals surface area contributed by atoms with Crippen molar-refractivity contribution in [3.63, 3.8) is 0 Å². The monoisotopic (exact) mass is 229 g/mol. The van der Waals surface area contributed by atoms with Crippen LogP contribution in [0.2, 0.25) is 0 Å². The molecule has 96 valence electrons. The molecule has 0 aromatic carbocycles. The molecule has 1 fully saturated rings. The molecule has 0 aromatic rings. The highest BCUT2D eigenvalue weighted by molar-refractivity contribution is 4.87. The highest BCUT2D eigenvalue weighted by atomic mass is 16.5. The first-order valence-electron chi connectivity index (χ1n) is 6.53. The van der Waals surface area contributed by atoms with Crippen LogP contribution in [0, 0.1) is 5.92 Å². The fraction of sp³-hybridized carbons (Fsp3) is 1.00. The van der Waals surface area contributed by atoms with Crippen LogP contribution in [0.1, 0.15) is 39.5 Å². The van der Waals surface area contributed by atoms with Gasteiger partial charge in [-0.15, -0.1) is 0 Å². The predicted molar refractivity (Wildman–Crippen MR) is 66.6 cm³/mol. The Labute approximate surface area is 99.8 Å². The van der Waals surface area contributed by atoms with E-state index in [9.17, 15) is 5.11 Å². The quantitative estimate of drug-likeness (QED) is 0.755. The molecule has 0 aliphatic heterocycles.